The number of thioether (sulfide) groups is 1. The van der Waals surface area contributed by atoms with Crippen molar-refractivity contribution in [2.24, 2.45) is 11.8 Å². The van der Waals surface area contributed by atoms with Gasteiger partial charge in [0.25, 0.3) is 0 Å². The Morgan fingerprint density at radius 3 is 2.48 bits per heavy atom. The summed E-state index contributed by atoms with van der Waals surface area (Å²) in [6.07, 6.45) is 10.0. The van der Waals surface area contributed by atoms with Crippen LogP contribution in [0.25, 0.3) is 11.6 Å². The molecule has 1 aromatic carbocycles. The summed E-state index contributed by atoms with van der Waals surface area (Å²) in [4.78, 5) is 2.33. The molecule has 23 heavy (non-hydrogen) atoms. The average molecular weight is 345 g/mol. The predicted octanol–water partition coefficient (Wildman–Crippen LogP) is 7.12. The minimum atomic E-state index is 0.171. The largest absolute Gasteiger partial charge is 0.142 e. The number of benzene rings is 1. The molecule has 124 valence electrons. The van der Waals surface area contributed by atoms with E-state index in [1.807, 2.05) is 17.8 Å². The molecule has 0 nitrogen and oxygen atoms in total. The number of hydrogen-bond donors (Lipinski definition) is 1. The lowest BCUT2D eigenvalue weighted by Gasteiger charge is -2.25. The fraction of sp³-hybridized carbons (Fsp3) is 0.429. The van der Waals surface area contributed by atoms with Crippen molar-refractivity contribution in [3.05, 3.63) is 48.1 Å². The Morgan fingerprint density at radius 1 is 1.30 bits per heavy atom. The van der Waals surface area contributed by atoms with Crippen LogP contribution in [0, 0.1) is 11.8 Å². The summed E-state index contributed by atoms with van der Waals surface area (Å²) < 4.78 is 0.171. The summed E-state index contributed by atoms with van der Waals surface area (Å²) in [5.41, 5.74) is 3.65. The van der Waals surface area contributed by atoms with Crippen LogP contribution in [0.3, 0.4) is 0 Å². The summed E-state index contributed by atoms with van der Waals surface area (Å²) in [5, 5.41) is 0. The molecule has 0 spiro atoms. The smallest absolute Gasteiger partial charge is 0.0202 e. The van der Waals surface area contributed by atoms with Gasteiger partial charge < -0.3 is 0 Å². The molecule has 2 heteroatoms. The Hall–Kier alpha value is -0.860. The summed E-state index contributed by atoms with van der Waals surface area (Å²) in [6, 6.07) is 4.34. The van der Waals surface area contributed by atoms with Gasteiger partial charge in [0.1, 0.15) is 0 Å². The molecular weight excluding hydrogens is 316 g/mol. The zero-order chi connectivity index (χ0) is 17.2. The number of hydrogen-bond acceptors (Lipinski definition) is 2. The van der Waals surface area contributed by atoms with Crippen LogP contribution in [0.2, 0.25) is 0 Å². The van der Waals surface area contributed by atoms with Crippen molar-refractivity contribution in [2.45, 2.75) is 55.6 Å². The quantitative estimate of drug-likeness (QED) is 0.448. The number of rotatable bonds is 4. The first-order chi connectivity index (χ1) is 10.7. The number of allylic oxidation sites excluding steroid dienone is 4. The van der Waals surface area contributed by atoms with Gasteiger partial charge in [0.2, 0.25) is 0 Å². The minimum absolute atomic E-state index is 0.171. The summed E-state index contributed by atoms with van der Waals surface area (Å²) >= 11 is 6.73. The van der Waals surface area contributed by atoms with E-state index in [1.54, 1.807) is 0 Å². The Morgan fingerprint density at radius 2 is 2.00 bits per heavy atom. The highest BCUT2D eigenvalue weighted by Gasteiger charge is 2.21. The highest BCUT2D eigenvalue weighted by molar-refractivity contribution is 8.00. The second-order valence-corrected chi connectivity index (χ2v) is 9.77. The Labute approximate surface area is 151 Å². The van der Waals surface area contributed by atoms with Crippen LogP contribution < -0.4 is 0 Å². The van der Waals surface area contributed by atoms with Gasteiger partial charge in [0.05, 0.1) is 0 Å². The van der Waals surface area contributed by atoms with E-state index < -0.39 is 0 Å². The molecule has 1 atom stereocenters. The topological polar surface area (TPSA) is 0 Å². The van der Waals surface area contributed by atoms with Gasteiger partial charge in [-0.1, -0.05) is 71.6 Å². The van der Waals surface area contributed by atoms with Crippen molar-refractivity contribution >= 4 is 36.0 Å². The third-order valence-electron chi connectivity index (χ3n) is 4.08. The van der Waals surface area contributed by atoms with Crippen molar-refractivity contribution < 1.29 is 0 Å². The Bertz CT molecular complexity index is 643. The Balaban J connectivity index is 2.47. The van der Waals surface area contributed by atoms with Crippen molar-refractivity contribution in [3.63, 3.8) is 0 Å². The summed E-state index contributed by atoms with van der Waals surface area (Å²) in [5.74, 6) is 1.32. The molecule has 0 bridgehead atoms. The third kappa shape index (κ3) is 4.58. The fourth-order valence-electron chi connectivity index (χ4n) is 2.76. The molecule has 0 N–H and O–H groups in total. The molecule has 0 aliphatic heterocycles. The lowest BCUT2D eigenvalue weighted by atomic mass is 9.86. The number of thiol groups is 1. The first-order valence-electron chi connectivity index (χ1n) is 8.29. The zero-order valence-corrected chi connectivity index (χ0v) is 16.6. The van der Waals surface area contributed by atoms with Crippen LogP contribution >= 0.6 is 24.4 Å². The second-order valence-electron chi connectivity index (χ2n) is 7.46. The minimum Gasteiger partial charge on any atom is -0.142 e. The van der Waals surface area contributed by atoms with Gasteiger partial charge in [0.15, 0.2) is 0 Å². The highest BCUT2D eigenvalue weighted by Crippen LogP contribution is 2.42. The van der Waals surface area contributed by atoms with E-state index in [2.05, 4.69) is 71.6 Å². The van der Waals surface area contributed by atoms with E-state index >= 15 is 0 Å². The van der Waals surface area contributed by atoms with Crippen LogP contribution in [-0.4, -0.2) is 4.75 Å². The highest BCUT2D eigenvalue weighted by atomic mass is 32.2. The molecule has 0 amide bonds. The molecule has 0 fully saturated rings. The van der Waals surface area contributed by atoms with E-state index in [4.69, 9.17) is 12.6 Å². The molecule has 0 radical (unpaired) electrons. The lowest BCUT2D eigenvalue weighted by molar-refractivity contribution is 0.468. The summed E-state index contributed by atoms with van der Waals surface area (Å²) in [6.45, 7) is 15.3. The maximum Gasteiger partial charge on any atom is 0.0202 e. The van der Waals surface area contributed by atoms with Crippen LogP contribution in [0.15, 0.2) is 46.7 Å². The van der Waals surface area contributed by atoms with E-state index in [-0.39, 0.29) is 4.75 Å². The van der Waals surface area contributed by atoms with Crippen molar-refractivity contribution in [2.75, 3.05) is 0 Å². The van der Waals surface area contributed by atoms with Crippen LogP contribution in [0.4, 0.5) is 0 Å². The molecule has 1 unspecified atom stereocenters. The maximum absolute atomic E-state index is 4.82. The van der Waals surface area contributed by atoms with Crippen LogP contribution in [0.1, 0.15) is 52.2 Å². The molecule has 1 aliphatic rings. The Kier molecular flexibility index (Phi) is 5.91. The van der Waals surface area contributed by atoms with Gasteiger partial charge in [-0.15, -0.1) is 24.4 Å². The monoisotopic (exact) mass is 344 g/mol. The normalized spacial score (nSPS) is 18.2. The van der Waals surface area contributed by atoms with E-state index in [0.717, 1.165) is 16.9 Å². The molecule has 0 aromatic heterocycles. The maximum atomic E-state index is 4.82. The summed E-state index contributed by atoms with van der Waals surface area (Å²) in [7, 11) is 0. The van der Waals surface area contributed by atoms with Gasteiger partial charge >= 0.3 is 0 Å². The zero-order valence-electron chi connectivity index (χ0n) is 14.9. The molecular formula is C21H28S2. The van der Waals surface area contributed by atoms with E-state index in [1.165, 1.54) is 16.0 Å². The SMILES string of the molecule is C=Cc1ccc(SC(C)(C)C)c(C2=CCC(C(C)C)C=C2)c1S. The van der Waals surface area contributed by atoms with Gasteiger partial charge in [-0.25, -0.2) is 0 Å². The molecule has 1 aliphatic carbocycles. The van der Waals surface area contributed by atoms with Gasteiger partial charge in [-0.2, -0.15) is 0 Å². The standard InChI is InChI=1S/C21H28S2/c1-7-15-12-13-18(23-21(4,5)6)19(20(15)22)17-10-8-16(9-11-17)14(2)3/h7-8,10-14,16,22H,1,9H2,2-6H3. The van der Waals surface area contributed by atoms with Crippen molar-refractivity contribution in [1.82, 2.24) is 0 Å². The molecule has 1 aromatic rings. The first kappa shape index (κ1) is 18.5. The van der Waals surface area contributed by atoms with Gasteiger partial charge in [-0.05, 0) is 35.5 Å². The van der Waals surface area contributed by atoms with Gasteiger partial charge in [0, 0.05) is 20.1 Å². The van der Waals surface area contributed by atoms with Crippen molar-refractivity contribution in [3.8, 4) is 0 Å². The second kappa shape index (κ2) is 7.36. The molecule has 0 saturated heterocycles. The third-order valence-corrected chi connectivity index (χ3v) is 5.74. The molecule has 0 heterocycles. The van der Waals surface area contributed by atoms with Crippen molar-refractivity contribution in [1.29, 1.82) is 0 Å². The first-order valence-corrected chi connectivity index (χ1v) is 9.55. The predicted molar refractivity (Wildman–Crippen MR) is 109 cm³/mol. The van der Waals surface area contributed by atoms with Crippen LogP contribution in [0.5, 0.6) is 0 Å². The average Bonchev–Trinajstić information content (AvgIpc) is 2.46. The van der Waals surface area contributed by atoms with Crippen LogP contribution in [-0.2, 0) is 0 Å². The van der Waals surface area contributed by atoms with E-state index in [9.17, 15) is 0 Å². The molecule has 2 rings (SSSR count). The van der Waals surface area contributed by atoms with Gasteiger partial charge in [-0.3, -0.25) is 0 Å². The fourth-order valence-corrected chi connectivity index (χ4v) is 4.37. The van der Waals surface area contributed by atoms with E-state index in [0.29, 0.717) is 11.8 Å². The molecule has 0 saturated carbocycles. The lowest BCUT2D eigenvalue weighted by Crippen LogP contribution is -2.09.